The fourth-order valence-electron chi connectivity index (χ4n) is 1.33. The summed E-state index contributed by atoms with van der Waals surface area (Å²) in [6.45, 7) is 4.06. The maximum atomic E-state index is 5.92. The van der Waals surface area contributed by atoms with E-state index in [-0.39, 0.29) is 0 Å². The molecule has 3 N–H and O–H groups in total. The third kappa shape index (κ3) is 1.88. The zero-order valence-electron chi connectivity index (χ0n) is 8.39. The number of rotatable bonds is 3. The average molecular weight is 180 g/mol. The predicted octanol–water partition coefficient (Wildman–Crippen LogP) is 1.36. The lowest BCUT2D eigenvalue weighted by atomic mass is 10.1. The van der Waals surface area contributed by atoms with Gasteiger partial charge in [-0.1, -0.05) is 13.3 Å². The molecule has 0 radical (unpaired) electrons. The Balaban J connectivity index is 3.13. The molecular weight excluding hydrogens is 164 g/mol. The first-order chi connectivity index (χ1) is 6.20. The molecule has 0 fully saturated rings. The van der Waals surface area contributed by atoms with Crippen LogP contribution in [0.2, 0.25) is 0 Å². The third-order valence-corrected chi connectivity index (χ3v) is 2.05. The summed E-state index contributed by atoms with van der Waals surface area (Å²) in [4.78, 5) is 0. The Kier molecular flexibility index (Phi) is 3.06. The van der Waals surface area contributed by atoms with Crippen LogP contribution in [0.25, 0.3) is 0 Å². The maximum Gasteiger partial charge on any atom is 0.171 e. The number of aryl methyl sites for hydroxylation is 1. The van der Waals surface area contributed by atoms with Crippen molar-refractivity contribution in [2.24, 2.45) is 0 Å². The molecule has 0 bridgehead atoms. The Morgan fingerprint density at radius 1 is 1.38 bits per heavy atom. The van der Waals surface area contributed by atoms with Gasteiger partial charge >= 0.3 is 0 Å². The second kappa shape index (κ2) is 4.07. The lowest BCUT2D eigenvalue weighted by Gasteiger charge is -2.10. The van der Waals surface area contributed by atoms with E-state index in [0.29, 0.717) is 5.82 Å². The zero-order valence-corrected chi connectivity index (χ0v) is 8.39. The lowest BCUT2D eigenvalue weighted by molar-refractivity contribution is 0.873. The highest BCUT2D eigenvalue weighted by atomic mass is 15.2. The average Bonchev–Trinajstić information content (AvgIpc) is 2.12. The van der Waals surface area contributed by atoms with E-state index in [0.717, 1.165) is 29.8 Å². The summed E-state index contributed by atoms with van der Waals surface area (Å²) in [7, 11) is 1.80. The van der Waals surface area contributed by atoms with E-state index in [1.165, 1.54) is 0 Å². The Hall–Kier alpha value is -1.32. The topological polar surface area (TPSA) is 63.8 Å². The van der Waals surface area contributed by atoms with Gasteiger partial charge in [-0.3, -0.25) is 0 Å². The van der Waals surface area contributed by atoms with Gasteiger partial charge in [0.25, 0.3) is 0 Å². The second-order valence-electron chi connectivity index (χ2n) is 3.03. The summed E-state index contributed by atoms with van der Waals surface area (Å²) < 4.78 is 0. The molecule has 0 aliphatic heterocycles. The molecule has 4 nitrogen and oxygen atoms in total. The van der Waals surface area contributed by atoms with Gasteiger partial charge in [0, 0.05) is 12.6 Å². The van der Waals surface area contributed by atoms with Crippen LogP contribution >= 0.6 is 0 Å². The highest BCUT2D eigenvalue weighted by molar-refractivity contribution is 5.65. The Morgan fingerprint density at radius 2 is 2.08 bits per heavy atom. The molecule has 0 spiro atoms. The number of nitrogens with two attached hydrogens (primary N) is 1. The molecule has 1 heterocycles. The normalized spacial score (nSPS) is 10.1. The van der Waals surface area contributed by atoms with Crippen LogP contribution < -0.4 is 11.1 Å². The van der Waals surface area contributed by atoms with Gasteiger partial charge in [0.1, 0.15) is 0 Å². The van der Waals surface area contributed by atoms with E-state index in [1.807, 2.05) is 6.92 Å². The lowest BCUT2D eigenvalue weighted by Crippen LogP contribution is -2.07. The predicted molar refractivity (Wildman–Crippen MR) is 54.7 cm³/mol. The number of nitrogen functional groups attached to an aromatic ring is 1. The second-order valence-corrected chi connectivity index (χ2v) is 3.03. The summed E-state index contributed by atoms with van der Waals surface area (Å²) in [5.74, 6) is 0.675. The van der Waals surface area contributed by atoms with E-state index in [9.17, 15) is 0 Å². The van der Waals surface area contributed by atoms with Crippen LogP contribution in [-0.4, -0.2) is 17.2 Å². The largest absolute Gasteiger partial charge is 0.395 e. The van der Waals surface area contributed by atoms with Gasteiger partial charge < -0.3 is 11.1 Å². The Bertz CT molecular complexity index is 296. The van der Waals surface area contributed by atoms with Crippen molar-refractivity contribution in [2.45, 2.75) is 26.7 Å². The van der Waals surface area contributed by atoms with Crippen LogP contribution in [0, 0.1) is 6.92 Å². The number of anilines is 2. The highest BCUT2D eigenvalue weighted by Gasteiger charge is 2.08. The molecule has 0 unspecified atom stereocenters. The van der Waals surface area contributed by atoms with Crippen molar-refractivity contribution in [1.82, 2.24) is 10.2 Å². The van der Waals surface area contributed by atoms with Crippen LogP contribution in [0.1, 0.15) is 24.6 Å². The van der Waals surface area contributed by atoms with Crippen molar-refractivity contribution in [3.05, 3.63) is 11.3 Å². The molecular formula is C9H16N4. The summed E-state index contributed by atoms with van der Waals surface area (Å²) in [5.41, 5.74) is 8.69. The van der Waals surface area contributed by atoms with Crippen LogP contribution in [0.5, 0.6) is 0 Å². The quantitative estimate of drug-likeness (QED) is 0.737. The summed E-state index contributed by atoms with van der Waals surface area (Å²) >= 11 is 0. The van der Waals surface area contributed by atoms with Crippen molar-refractivity contribution < 1.29 is 0 Å². The minimum Gasteiger partial charge on any atom is -0.395 e. The molecule has 1 rings (SSSR count). The van der Waals surface area contributed by atoms with Crippen LogP contribution in [0.4, 0.5) is 11.5 Å². The standard InChI is InChI=1S/C9H16N4/c1-4-5-7-6(2)12-13-9(11-3)8(7)10/h4-5H2,1-3H3,(H2,10,12)(H,11,13). The van der Waals surface area contributed by atoms with E-state index in [1.54, 1.807) is 7.05 Å². The van der Waals surface area contributed by atoms with Gasteiger partial charge in [-0.05, 0) is 13.3 Å². The van der Waals surface area contributed by atoms with E-state index in [2.05, 4.69) is 22.4 Å². The molecule has 1 aromatic heterocycles. The zero-order chi connectivity index (χ0) is 9.84. The highest BCUT2D eigenvalue weighted by Crippen LogP contribution is 2.22. The summed E-state index contributed by atoms with van der Waals surface area (Å²) in [5, 5.41) is 10.9. The third-order valence-electron chi connectivity index (χ3n) is 2.05. The molecule has 4 heteroatoms. The monoisotopic (exact) mass is 180 g/mol. The van der Waals surface area contributed by atoms with Crippen molar-refractivity contribution in [3.8, 4) is 0 Å². The van der Waals surface area contributed by atoms with E-state index < -0.39 is 0 Å². The molecule has 0 saturated heterocycles. The van der Waals surface area contributed by atoms with Gasteiger partial charge in [-0.15, -0.1) is 5.10 Å². The van der Waals surface area contributed by atoms with E-state index in [4.69, 9.17) is 5.73 Å². The fourth-order valence-corrected chi connectivity index (χ4v) is 1.33. The molecule has 0 aliphatic carbocycles. The minimum absolute atomic E-state index is 0.675. The van der Waals surface area contributed by atoms with Crippen LogP contribution in [0.15, 0.2) is 0 Å². The van der Waals surface area contributed by atoms with Crippen LogP contribution in [-0.2, 0) is 6.42 Å². The summed E-state index contributed by atoms with van der Waals surface area (Å²) in [6.07, 6.45) is 2.03. The fraction of sp³-hybridized carbons (Fsp3) is 0.556. The SMILES string of the molecule is CCCc1c(C)nnc(NC)c1N. The van der Waals surface area contributed by atoms with Crippen molar-refractivity contribution in [2.75, 3.05) is 18.1 Å². The van der Waals surface area contributed by atoms with Gasteiger partial charge in [0.15, 0.2) is 5.82 Å². The Labute approximate surface area is 78.6 Å². The van der Waals surface area contributed by atoms with Crippen molar-refractivity contribution in [1.29, 1.82) is 0 Å². The number of nitrogens with one attached hydrogen (secondary N) is 1. The minimum atomic E-state index is 0.675. The number of hydrogen-bond acceptors (Lipinski definition) is 4. The molecule has 0 amide bonds. The first kappa shape index (κ1) is 9.77. The molecule has 0 atom stereocenters. The Morgan fingerprint density at radius 3 is 2.62 bits per heavy atom. The number of nitrogens with zero attached hydrogens (tertiary/aromatic N) is 2. The number of aromatic nitrogens is 2. The van der Waals surface area contributed by atoms with Crippen molar-refractivity contribution in [3.63, 3.8) is 0 Å². The maximum absolute atomic E-state index is 5.92. The van der Waals surface area contributed by atoms with Gasteiger partial charge in [-0.25, -0.2) is 0 Å². The number of hydrogen-bond donors (Lipinski definition) is 2. The van der Waals surface area contributed by atoms with Gasteiger partial charge in [-0.2, -0.15) is 5.10 Å². The molecule has 0 aromatic carbocycles. The summed E-state index contributed by atoms with van der Waals surface area (Å²) in [6, 6.07) is 0. The molecule has 13 heavy (non-hydrogen) atoms. The smallest absolute Gasteiger partial charge is 0.171 e. The molecule has 0 saturated carbocycles. The first-order valence-electron chi connectivity index (χ1n) is 4.50. The van der Waals surface area contributed by atoms with E-state index >= 15 is 0 Å². The first-order valence-corrected chi connectivity index (χ1v) is 4.50. The van der Waals surface area contributed by atoms with Crippen LogP contribution in [0.3, 0.4) is 0 Å². The van der Waals surface area contributed by atoms with Crippen molar-refractivity contribution >= 4 is 11.5 Å². The molecule has 1 aromatic rings. The van der Waals surface area contributed by atoms with Gasteiger partial charge in [0.05, 0.1) is 11.4 Å². The molecule has 0 aliphatic rings. The van der Waals surface area contributed by atoms with Gasteiger partial charge in [0.2, 0.25) is 0 Å². The molecule has 72 valence electrons.